The quantitative estimate of drug-likeness (QED) is 0.266. The number of carbonyl (C=O) groups excluding carboxylic acids is 2. The van der Waals surface area contributed by atoms with Gasteiger partial charge in [-0.3, -0.25) is 14.3 Å². The predicted octanol–water partition coefficient (Wildman–Crippen LogP) is 6.33. The van der Waals surface area contributed by atoms with E-state index in [9.17, 15) is 9.59 Å². The minimum Gasteiger partial charge on any atom is -0.339 e. The molecule has 1 aliphatic rings. The Balaban J connectivity index is 1.40. The molecule has 4 rings (SSSR count). The highest BCUT2D eigenvalue weighted by Gasteiger charge is 2.25. The van der Waals surface area contributed by atoms with E-state index < -0.39 is 0 Å². The number of amides is 2. The Morgan fingerprint density at radius 3 is 2.49 bits per heavy atom. The van der Waals surface area contributed by atoms with E-state index in [0.29, 0.717) is 35.8 Å². The van der Waals surface area contributed by atoms with Crippen LogP contribution in [0.4, 0.5) is 5.69 Å². The van der Waals surface area contributed by atoms with Gasteiger partial charge in [0.15, 0.2) is 0 Å². The Morgan fingerprint density at radius 1 is 1.15 bits per heavy atom. The number of anilines is 1. The number of piperidine rings is 1. The third-order valence-corrected chi connectivity index (χ3v) is 7.35. The van der Waals surface area contributed by atoms with Gasteiger partial charge in [0, 0.05) is 54.9 Å². The van der Waals surface area contributed by atoms with E-state index in [0.717, 1.165) is 36.0 Å². The van der Waals surface area contributed by atoms with Crippen molar-refractivity contribution in [2.24, 2.45) is 12.0 Å². The number of nitrogens with zero attached hydrogens (tertiary/aromatic N) is 4. The first-order valence-corrected chi connectivity index (χ1v) is 13.5. The Bertz CT molecular complexity index is 1410. The lowest BCUT2D eigenvalue weighted by Crippen LogP contribution is -2.38. The van der Waals surface area contributed by atoms with E-state index in [-0.39, 0.29) is 17.0 Å². The fourth-order valence-corrected chi connectivity index (χ4v) is 4.79. The Labute approximate surface area is 234 Å². The SMILES string of the molecule is C=C/C(Cl)=N\C=C(/C)C(=O)Nc1cc(C(=O)N2CCC(c3ccc(-c4cnn(C)c4)cc3)CC2)ccc1CC. The largest absolute Gasteiger partial charge is 0.339 e. The smallest absolute Gasteiger partial charge is 0.253 e. The number of aromatic nitrogens is 2. The maximum Gasteiger partial charge on any atom is 0.253 e. The molecule has 3 aromatic rings. The van der Waals surface area contributed by atoms with E-state index in [1.807, 2.05) is 43.4 Å². The molecule has 0 radical (unpaired) electrons. The fraction of sp³-hybridized carbons (Fsp3) is 0.290. The maximum absolute atomic E-state index is 13.4. The van der Waals surface area contributed by atoms with Crippen LogP contribution < -0.4 is 5.32 Å². The first-order chi connectivity index (χ1) is 18.8. The molecule has 0 unspecified atom stereocenters. The van der Waals surface area contributed by atoms with Gasteiger partial charge in [0.2, 0.25) is 0 Å². The van der Waals surface area contributed by atoms with Crippen LogP contribution in [0.1, 0.15) is 54.1 Å². The summed E-state index contributed by atoms with van der Waals surface area (Å²) >= 11 is 5.84. The second-order valence-electron chi connectivity index (χ2n) is 9.74. The van der Waals surface area contributed by atoms with Crippen LogP contribution in [0, 0.1) is 0 Å². The molecule has 1 saturated heterocycles. The summed E-state index contributed by atoms with van der Waals surface area (Å²) < 4.78 is 1.80. The summed E-state index contributed by atoms with van der Waals surface area (Å²) in [6.45, 7) is 8.59. The van der Waals surface area contributed by atoms with Gasteiger partial charge in [0.1, 0.15) is 5.17 Å². The van der Waals surface area contributed by atoms with Crippen LogP contribution in [0.15, 0.2) is 84.3 Å². The van der Waals surface area contributed by atoms with Crippen LogP contribution in [0.25, 0.3) is 11.1 Å². The van der Waals surface area contributed by atoms with Crippen LogP contribution in [0.3, 0.4) is 0 Å². The lowest BCUT2D eigenvalue weighted by molar-refractivity contribution is -0.112. The van der Waals surface area contributed by atoms with E-state index in [2.05, 4.69) is 46.3 Å². The van der Waals surface area contributed by atoms with E-state index in [4.69, 9.17) is 11.6 Å². The average Bonchev–Trinajstić information content (AvgIpc) is 3.41. The molecule has 2 heterocycles. The molecule has 1 aromatic heterocycles. The highest BCUT2D eigenvalue weighted by atomic mass is 35.5. The van der Waals surface area contributed by atoms with Crippen molar-refractivity contribution in [3.8, 4) is 11.1 Å². The molecular formula is C31H34ClN5O2. The van der Waals surface area contributed by atoms with Crippen LogP contribution in [0.5, 0.6) is 0 Å². The molecule has 2 amide bonds. The third kappa shape index (κ3) is 6.92. The van der Waals surface area contributed by atoms with Crippen molar-refractivity contribution in [2.75, 3.05) is 18.4 Å². The average molecular weight is 544 g/mol. The summed E-state index contributed by atoms with van der Waals surface area (Å²) in [6, 6.07) is 14.2. The van der Waals surface area contributed by atoms with E-state index in [1.165, 1.54) is 17.8 Å². The van der Waals surface area contributed by atoms with Crippen molar-refractivity contribution >= 4 is 34.3 Å². The molecule has 7 nitrogen and oxygen atoms in total. The Morgan fingerprint density at radius 2 is 1.87 bits per heavy atom. The second kappa shape index (κ2) is 12.7. The van der Waals surface area contributed by atoms with Gasteiger partial charge in [0.05, 0.1) is 6.20 Å². The summed E-state index contributed by atoms with van der Waals surface area (Å²) in [7, 11) is 1.92. The van der Waals surface area contributed by atoms with E-state index in [1.54, 1.807) is 17.7 Å². The number of hydrogen-bond acceptors (Lipinski definition) is 4. The van der Waals surface area contributed by atoms with E-state index >= 15 is 0 Å². The maximum atomic E-state index is 13.4. The van der Waals surface area contributed by atoms with Gasteiger partial charge in [-0.1, -0.05) is 55.4 Å². The fourth-order valence-electron chi connectivity index (χ4n) is 4.74. The first-order valence-electron chi connectivity index (χ1n) is 13.1. The highest BCUT2D eigenvalue weighted by molar-refractivity contribution is 6.68. The molecular weight excluding hydrogens is 510 g/mol. The van der Waals surface area contributed by atoms with Crippen LogP contribution in [-0.2, 0) is 18.3 Å². The molecule has 0 aliphatic carbocycles. The third-order valence-electron chi connectivity index (χ3n) is 7.10. The van der Waals surface area contributed by atoms with Crippen molar-refractivity contribution in [3.63, 3.8) is 0 Å². The number of hydrogen-bond donors (Lipinski definition) is 1. The summed E-state index contributed by atoms with van der Waals surface area (Å²) in [5.41, 5.74) is 6.09. The van der Waals surface area contributed by atoms with Crippen LogP contribution >= 0.6 is 11.6 Å². The number of benzene rings is 2. The van der Waals surface area contributed by atoms with Crippen molar-refractivity contribution in [2.45, 2.75) is 39.0 Å². The number of allylic oxidation sites excluding steroid dienone is 1. The number of aliphatic imine (C=N–C) groups is 1. The number of aryl methyl sites for hydroxylation is 2. The molecule has 0 saturated carbocycles. The summed E-state index contributed by atoms with van der Waals surface area (Å²) in [5, 5.41) is 7.38. The Hall–Kier alpha value is -3.97. The molecule has 0 bridgehead atoms. The zero-order chi connectivity index (χ0) is 27.9. The summed E-state index contributed by atoms with van der Waals surface area (Å²) in [4.78, 5) is 32.0. The monoisotopic (exact) mass is 543 g/mol. The minimum absolute atomic E-state index is 0.0202. The number of halogens is 1. The van der Waals surface area contributed by atoms with Crippen molar-refractivity contribution < 1.29 is 9.59 Å². The van der Waals surface area contributed by atoms with Gasteiger partial charge in [-0.2, -0.15) is 5.10 Å². The lowest BCUT2D eigenvalue weighted by Gasteiger charge is -2.32. The topological polar surface area (TPSA) is 79.6 Å². The highest BCUT2D eigenvalue weighted by Crippen LogP contribution is 2.31. The summed E-state index contributed by atoms with van der Waals surface area (Å²) in [6.07, 6.45) is 9.22. The van der Waals surface area contributed by atoms with Crippen LogP contribution in [0.2, 0.25) is 0 Å². The molecule has 1 N–H and O–H groups in total. The van der Waals surface area contributed by atoms with Crippen molar-refractivity contribution in [1.29, 1.82) is 0 Å². The van der Waals surface area contributed by atoms with Gasteiger partial charge in [-0.25, -0.2) is 4.99 Å². The number of nitrogens with one attached hydrogen (secondary N) is 1. The Kier molecular flexibility index (Phi) is 9.15. The van der Waals surface area contributed by atoms with Crippen molar-refractivity contribution in [3.05, 3.63) is 96.0 Å². The predicted molar refractivity (Wildman–Crippen MR) is 158 cm³/mol. The molecule has 1 fully saturated rings. The second-order valence-corrected chi connectivity index (χ2v) is 10.1. The summed E-state index contributed by atoms with van der Waals surface area (Å²) in [5.74, 6) is 0.0939. The standard InChI is InChI=1S/C31H34ClN5O2/c1-5-22-7-12-26(17-28(22)35-30(38)21(3)18-33-29(32)6-2)31(39)37-15-13-25(14-16-37)23-8-10-24(11-9-23)27-19-34-36(4)20-27/h6-12,17-20,25H,2,5,13-16H2,1,3-4H3,(H,35,38)/b21-18+,33-29+. The lowest BCUT2D eigenvalue weighted by atomic mass is 9.88. The number of likely N-dealkylation sites (tertiary alicyclic amines) is 1. The van der Waals surface area contributed by atoms with Crippen LogP contribution in [-0.4, -0.2) is 44.8 Å². The van der Waals surface area contributed by atoms with Gasteiger partial charge < -0.3 is 10.2 Å². The minimum atomic E-state index is -0.304. The molecule has 0 atom stereocenters. The molecule has 39 heavy (non-hydrogen) atoms. The van der Waals surface area contributed by atoms with Gasteiger partial charge in [0.25, 0.3) is 11.8 Å². The molecule has 202 valence electrons. The van der Waals surface area contributed by atoms with Crippen molar-refractivity contribution in [1.82, 2.24) is 14.7 Å². The molecule has 1 aliphatic heterocycles. The number of carbonyl (C=O) groups is 2. The normalized spacial score (nSPS) is 14.8. The molecule has 0 spiro atoms. The first kappa shape index (κ1) is 28.0. The van der Waals surface area contributed by atoms with Gasteiger partial charge in [-0.15, -0.1) is 0 Å². The number of rotatable bonds is 8. The molecule has 2 aromatic carbocycles. The zero-order valence-corrected chi connectivity index (χ0v) is 23.4. The van der Waals surface area contributed by atoms with Gasteiger partial charge in [-0.05, 0) is 67.0 Å². The van der Waals surface area contributed by atoms with Gasteiger partial charge >= 0.3 is 0 Å². The zero-order valence-electron chi connectivity index (χ0n) is 22.7. The molecule has 8 heteroatoms.